The van der Waals surface area contributed by atoms with Crippen molar-refractivity contribution >= 4 is 73.0 Å². The lowest BCUT2D eigenvalue weighted by Crippen LogP contribution is -2.15. The number of halogens is 2. The summed E-state index contributed by atoms with van der Waals surface area (Å²) in [5, 5.41) is 10.0. The minimum absolute atomic E-state index is 0.0771. The Hall–Kier alpha value is -2.21. The van der Waals surface area contributed by atoms with Gasteiger partial charge in [0.25, 0.3) is 0 Å². The first-order chi connectivity index (χ1) is 13.7. The first kappa shape index (κ1) is 21.5. The third-order valence-electron chi connectivity index (χ3n) is 4.43. The predicted molar refractivity (Wildman–Crippen MR) is 131 cm³/mol. The average molecular weight is 614 g/mol. The summed E-state index contributed by atoms with van der Waals surface area (Å²) in [5.41, 5.74) is 3.07. The maximum absolute atomic E-state index is 11.8. The molecule has 2 aromatic carbocycles. The Kier molecular flexibility index (Phi) is 6.42. The minimum atomic E-state index is -1.21. The van der Waals surface area contributed by atoms with Crippen LogP contribution >= 0.6 is 45.2 Å². The highest BCUT2D eigenvalue weighted by Crippen LogP contribution is 2.18. The van der Waals surface area contributed by atoms with Gasteiger partial charge in [0.2, 0.25) is 5.43 Å². The molecule has 0 aliphatic rings. The molecule has 0 saturated carbocycles. The number of nitrogens with one attached hydrogen (secondary N) is 2. The quantitative estimate of drug-likeness (QED) is 0.274. The van der Waals surface area contributed by atoms with Gasteiger partial charge < -0.3 is 15.1 Å². The van der Waals surface area contributed by atoms with Crippen molar-refractivity contribution in [2.45, 2.75) is 13.8 Å². The highest BCUT2D eigenvalue weighted by atomic mass is 127. The molecule has 4 rings (SSSR count). The molecule has 0 amide bonds. The molecule has 8 heteroatoms. The van der Waals surface area contributed by atoms with Crippen LogP contribution in [0.15, 0.2) is 52.3 Å². The number of aromatic amines is 2. The van der Waals surface area contributed by atoms with Crippen LogP contribution in [0, 0.1) is 21.0 Å². The highest BCUT2D eigenvalue weighted by Gasteiger charge is 2.12. The largest absolute Gasteiger partial charge is 0.477 e. The predicted octanol–water partition coefficient (Wildman–Crippen LogP) is 4.58. The van der Waals surface area contributed by atoms with Gasteiger partial charge in [0, 0.05) is 36.4 Å². The Balaban J connectivity index is 0.000000169. The van der Waals surface area contributed by atoms with Gasteiger partial charge in [0.15, 0.2) is 5.43 Å². The SMILES string of the molecule is Cc1cc2c(=O)c(C(=O)O)c[nH]c2cc1I.Cc1cc2c(=O)cc[nH]c2cc1I. The van der Waals surface area contributed by atoms with Crippen LogP contribution < -0.4 is 10.9 Å². The number of H-pyrrole nitrogens is 2. The number of aromatic nitrogens is 2. The molecule has 0 aliphatic heterocycles. The summed E-state index contributed by atoms with van der Waals surface area (Å²) in [4.78, 5) is 39.9. The van der Waals surface area contributed by atoms with E-state index in [1.165, 1.54) is 9.77 Å². The van der Waals surface area contributed by atoms with Crippen LogP contribution in [-0.4, -0.2) is 21.0 Å². The van der Waals surface area contributed by atoms with Crippen molar-refractivity contribution in [2.75, 3.05) is 0 Å². The molecule has 2 aromatic heterocycles. The normalized spacial score (nSPS) is 10.6. The lowest BCUT2D eigenvalue weighted by atomic mass is 10.1. The molecule has 29 heavy (non-hydrogen) atoms. The van der Waals surface area contributed by atoms with Gasteiger partial charge in [-0.2, -0.15) is 0 Å². The third-order valence-corrected chi connectivity index (χ3v) is 6.75. The summed E-state index contributed by atoms with van der Waals surface area (Å²) >= 11 is 4.43. The van der Waals surface area contributed by atoms with Crippen molar-refractivity contribution in [3.05, 3.63) is 87.0 Å². The van der Waals surface area contributed by atoms with E-state index in [0.717, 1.165) is 25.6 Å². The molecular weight excluding hydrogens is 598 g/mol. The Morgan fingerprint density at radius 1 is 0.897 bits per heavy atom. The molecule has 0 atom stereocenters. The Morgan fingerprint density at radius 2 is 1.45 bits per heavy atom. The fourth-order valence-corrected chi connectivity index (χ4v) is 3.74. The maximum Gasteiger partial charge on any atom is 0.341 e. The summed E-state index contributed by atoms with van der Waals surface area (Å²) in [6.45, 7) is 3.89. The number of carboxylic acids is 1. The Labute approximate surface area is 192 Å². The Morgan fingerprint density at radius 3 is 2.03 bits per heavy atom. The third kappa shape index (κ3) is 4.53. The molecule has 6 nitrogen and oxygen atoms in total. The minimum Gasteiger partial charge on any atom is -0.477 e. The van der Waals surface area contributed by atoms with Crippen molar-refractivity contribution in [3.63, 3.8) is 0 Å². The first-order valence-electron chi connectivity index (χ1n) is 8.51. The molecule has 0 unspecified atom stereocenters. The van der Waals surface area contributed by atoms with Crippen LogP contribution in [0.2, 0.25) is 0 Å². The van der Waals surface area contributed by atoms with E-state index in [0.29, 0.717) is 10.9 Å². The van der Waals surface area contributed by atoms with Crippen LogP contribution in [-0.2, 0) is 0 Å². The zero-order valence-corrected chi connectivity index (χ0v) is 19.8. The van der Waals surface area contributed by atoms with Gasteiger partial charge in [-0.05, 0) is 94.4 Å². The van der Waals surface area contributed by atoms with Crippen molar-refractivity contribution < 1.29 is 9.90 Å². The zero-order chi connectivity index (χ0) is 21.3. The van der Waals surface area contributed by atoms with Crippen LogP contribution in [0.3, 0.4) is 0 Å². The van der Waals surface area contributed by atoms with Crippen LogP contribution in [0.25, 0.3) is 21.8 Å². The van der Waals surface area contributed by atoms with E-state index in [2.05, 4.69) is 55.1 Å². The van der Waals surface area contributed by atoms with E-state index < -0.39 is 11.4 Å². The maximum atomic E-state index is 11.8. The number of benzene rings is 2. The van der Waals surface area contributed by atoms with E-state index in [-0.39, 0.29) is 11.0 Å². The van der Waals surface area contributed by atoms with Crippen LogP contribution in [0.4, 0.5) is 0 Å². The smallest absolute Gasteiger partial charge is 0.341 e. The van der Waals surface area contributed by atoms with Gasteiger partial charge in [0.1, 0.15) is 5.56 Å². The molecule has 0 aliphatic carbocycles. The van der Waals surface area contributed by atoms with Gasteiger partial charge in [-0.3, -0.25) is 9.59 Å². The molecule has 148 valence electrons. The number of rotatable bonds is 1. The molecular formula is C21H16I2N2O4. The molecule has 0 radical (unpaired) electrons. The fraction of sp³-hybridized carbons (Fsp3) is 0.0952. The summed E-state index contributed by atoms with van der Waals surface area (Å²) in [6.07, 6.45) is 2.91. The summed E-state index contributed by atoms with van der Waals surface area (Å²) in [5.74, 6) is -1.21. The monoisotopic (exact) mass is 614 g/mol. The highest BCUT2D eigenvalue weighted by molar-refractivity contribution is 14.1. The number of carboxylic acid groups (broad SMARTS) is 1. The van der Waals surface area contributed by atoms with Crippen LogP contribution in [0.1, 0.15) is 21.5 Å². The number of hydrogen-bond acceptors (Lipinski definition) is 3. The van der Waals surface area contributed by atoms with Crippen molar-refractivity contribution in [1.82, 2.24) is 9.97 Å². The first-order valence-corrected chi connectivity index (χ1v) is 10.7. The molecule has 3 N–H and O–H groups in total. The molecule has 0 bridgehead atoms. The summed E-state index contributed by atoms with van der Waals surface area (Å²) in [6, 6.07) is 9.01. The zero-order valence-electron chi connectivity index (χ0n) is 15.5. The fourth-order valence-electron chi connectivity index (χ4n) is 2.81. The lowest BCUT2D eigenvalue weighted by Gasteiger charge is -2.03. The van der Waals surface area contributed by atoms with Crippen molar-refractivity contribution in [1.29, 1.82) is 0 Å². The Bertz CT molecular complexity index is 1370. The second-order valence-corrected chi connectivity index (χ2v) is 8.80. The van der Waals surface area contributed by atoms with Gasteiger partial charge >= 0.3 is 5.97 Å². The summed E-state index contributed by atoms with van der Waals surface area (Å²) in [7, 11) is 0. The van der Waals surface area contributed by atoms with E-state index in [1.54, 1.807) is 18.3 Å². The number of fused-ring (bicyclic) bond motifs is 2. The number of aromatic carboxylic acids is 1. The van der Waals surface area contributed by atoms with Gasteiger partial charge in [0.05, 0.1) is 11.0 Å². The van der Waals surface area contributed by atoms with E-state index in [4.69, 9.17) is 5.11 Å². The second-order valence-electron chi connectivity index (χ2n) is 6.47. The van der Waals surface area contributed by atoms with E-state index >= 15 is 0 Å². The lowest BCUT2D eigenvalue weighted by molar-refractivity contribution is 0.0695. The van der Waals surface area contributed by atoms with Gasteiger partial charge in [-0.1, -0.05) is 0 Å². The van der Waals surface area contributed by atoms with Gasteiger partial charge in [-0.15, -0.1) is 0 Å². The van der Waals surface area contributed by atoms with E-state index in [1.807, 2.05) is 32.0 Å². The van der Waals surface area contributed by atoms with Crippen molar-refractivity contribution in [2.24, 2.45) is 0 Å². The molecule has 0 fully saturated rings. The molecule has 0 spiro atoms. The van der Waals surface area contributed by atoms with E-state index in [9.17, 15) is 14.4 Å². The number of carbonyl (C=O) groups is 1. The summed E-state index contributed by atoms with van der Waals surface area (Å²) < 4.78 is 2.20. The molecule has 2 heterocycles. The van der Waals surface area contributed by atoms with Crippen molar-refractivity contribution in [3.8, 4) is 0 Å². The number of aryl methyl sites for hydroxylation is 2. The average Bonchev–Trinajstić information content (AvgIpc) is 2.66. The topological polar surface area (TPSA) is 103 Å². The van der Waals surface area contributed by atoms with Crippen LogP contribution in [0.5, 0.6) is 0 Å². The molecule has 4 aromatic rings. The second kappa shape index (κ2) is 8.66. The molecule has 0 saturated heterocycles. The standard InChI is InChI=1S/C11H8INO3.C10H8INO/c1-5-2-6-9(3-8(5)12)13-4-7(10(6)14)11(15)16;1-6-4-7-9(5-8(6)11)12-3-2-10(7)13/h2-4H,1H3,(H,13,14)(H,15,16);2-5H,1H3,(H,12,13). The van der Waals surface area contributed by atoms with Gasteiger partial charge in [-0.25, -0.2) is 4.79 Å². The number of hydrogen-bond donors (Lipinski definition) is 3. The number of pyridine rings is 2.